The second kappa shape index (κ2) is 6.07. The molecule has 0 amide bonds. The van der Waals surface area contributed by atoms with Gasteiger partial charge in [0.15, 0.2) is 0 Å². The summed E-state index contributed by atoms with van der Waals surface area (Å²) in [6, 6.07) is 9.30. The zero-order valence-electron chi connectivity index (χ0n) is 10.5. The number of para-hydroxylation sites is 1. The highest BCUT2D eigenvalue weighted by Gasteiger charge is 2.06. The van der Waals surface area contributed by atoms with Gasteiger partial charge < -0.3 is 9.47 Å². The monoisotopic (exact) mass is 306 g/mol. The molecule has 1 aromatic carbocycles. The normalized spacial score (nSPS) is 10.7. The Morgan fingerprint density at radius 1 is 1.05 bits per heavy atom. The van der Waals surface area contributed by atoms with Gasteiger partial charge in [-0.1, -0.05) is 23.7 Å². The summed E-state index contributed by atoms with van der Waals surface area (Å²) in [5, 5.41) is 3.48. The molecule has 0 aliphatic rings. The number of thiophene rings is 1. The van der Waals surface area contributed by atoms with Crippen molar-refractivity contribution in [2.45, 2.75) is 0 Å². The molecule has 6 heteroatoms. The van der Waals surface area contributed by atoms with Gasteiger partial charge in [0.05, 0.1) is 10.4 Å². The maximum atomic E-state index is 6.00. The van der Waals surface area contributed by atoms with Crippen LogP contribution in [0.4, 0.5) is 0 Å². The van der Waals surface area contributed by atoms with Crippen LogP contribution in [0, 0.1) is 0 Å². The van der Waals surface area contributed by atoms with E-state index in [0.717, 1.165) is 10.2 Å². The summed E-state index contributed by atoms with van der Waals surface area (Å²) in [7, 11) is 0. The predicted molar refractivity (Wildman–Crippen MR) is 79.9 cm³/mol. The van der Waals surface area contributed by atoms with Gasteiger partial charge in [0, 0.05) is 0 Å². The Bertz CT molecular complexity index is 717. The van der Waals surface area contributed by atoms with Crippen molar-refractivity contribution in [2.75, 3.05) is 13.2 Å². The van der Waals surface area contributed by atoms with Crippen LogP contribution in [0.3, 0.4) is 0 Å². The molecular weight excluding hydrogens is 296 g/mol. The van der Waals surface area contributed by atoms with E-state index >= 15 is 0 Å². The molecule has 2 aromatic heterocycles. The van der Waals surface area contributed by atoms with Crippen molar-refractivity contribution < 1.29 is 9.47 Å². The first-order chi connectivity index (χ1) is 9.84. The van der Waals surface area contributed by atoms with E-state index in [2.05, 4.69) is 9.97 Å². The van der Waals surface area contributed by atoms with Gasteiger partial charge in [-0.3, -0.25) is 0 Å². The maximum absolute atomic E-state index is 6.00. The quantitative estimate of drug-likeness (QED) is 0.673. The van der Waals surface area contributed by atoms with Gasteiger partial charge in [-0.2, -0.15) is 0 Å². The standard InChI is InChI=1S/C14H11ClN2O2S/c15-11-3-1-2-4-12(11)18-6-7-19-13-10-5-8-20-14(10)17-9-16-13/h1-5,8-9H,6-7H2. The van der Waals surface area contributed by atoms with Gasteiger partial charge in [0.2, 0.25) is 5.88 Å². The molecule has 0 unspecified atom stereocenters. The number of rotatable bonds is 5. The van der Waals surface area contributed by atoms with Gasteiger partial charge in [0.1, 0.15) is 30.1 Å². The van der Waals surface area contributed by atoms with Gasteiger partial charge in [-0.05, 0) is 23.6 Å². The van der Waals surface area contributed by atoms with Crippen molar-refractivity contribution in [1.29, 1.82) is 0 Å². The highest BCUT2D eigenvalue weighted by molar-refractivity contribution is 7.16. The van der Waals surface area contributed by atoms with Crippen molar-refractivity contribution in [1.82, 2.24) is 9.97 Å². The molecule has 3 aromatic rings. The van der Waals surface area contributed by atoms with Gasteiger partial charge in [-0.15, -0.1) is 11.3 Å². The molecule has 0 N–H and O–H groups in total. The Kier molecular flexibility index (Phi) is 3.99. The van der Waals surface area contributed by atoms with E-state index in [1.807, 2.05) is 29.6 Å². The van der Waals surface area contributed by atoms with Crippen LogP contribution in [0.1, 0.15) is 0 Å². The summed E-state index contributed by atoms with van der Waals surface area (Å²) in [4.78, 5) is 9.22. The third-order valence-electron chi connectivity index (χ3n) is 2.64. The summed E-state index contributed by atoms with van der Waals surface area (Å²) in [5.74, 6) is 1.24. The SMILES string of the molecule is Clc1ccccc1OCCOc1ncnc2sccc12. The largest absolute Gasteiger partial charge is 0.488 e. The highest BCUT2D eigenvalue weighted by atomic mass is 35.5. The lowest BCUT2D eigenvalue weighted by atomic mass is 10.3. The maximum Gasteiger partial charge on any atom is 0.225 e. The van der Waals surface area contributed by atoms with Crippen LogP contribution in [-0.4, -0.2) is 23.2 Å². The molecule has 0 bridgehead atoms. The molecule has 0 saturated carbocycles. The van der Waals surface area contributed by atoms with Crippen molar-refractivity contribution in [3.05, 3.63) is 47.1 Å². The summed E-state index contributed by atoms with van der Waals surface area (Å²) in [6.07, 6.45) is 1.50. The Morgan fingerprint density at radius 3 is 2.80 bits per heavy atom. The third kappa shape index (κ3) is 2.84. The molecule has 0 fully saturated rings. The molecule has 0 radical (unpaired) electrons. The van der Waals surface area contributed by atoms with E-state index in [9.17, 15) is 0 Å². The van der Waals surface area contributed by atoms with E-state index in [4.69, 9.17) is 21.1 Å². The lowest BCUT2D eigenvalue weighted by molar-refractivity contribution is 0.214. The number of fused-ring (bicyclic) bond motifs is 1. The Labute approximate surface area is 125 Å². The van der Waals surface area contributed by atoms with Crippen LogP contribution in [0.25, 0.3) is 10.2 Å². The van der Waals surface area contributed by atoms with Crippen LogP contribution in [0.2, 0.25) is 5.02 Å². The van der Waals surface area contributed by atoms with Crippen LogP contribution in [0.5, 0.6) is 11.6 Å². The summed E-state index contributed by atoms with van der Waals surface area (Å²) in [5.41, 5.74) is 0. The fourth-order valence-corrected chi connectivity index (χ4v) is 2.65. The number of aromatic nitrogens is 2. The molecule has 20 heavy (non-hydrogen) atoms. The summed E-state index contributed by atoms with van der Waals surface area (Å²) >= 11 is 7.56. The zero-order chi connectivity index (χ0) is 13.8. The molecule has 0 saturated heterocycles. The molecule has 0 spiro atoms. The number of hydrogen-bond donors (Lipinski definition) is 0. The van der Waals surface area contributed by atoms with E-state index in [0.29, 0.717) is 29.9 Å². The summed E-state index contributed by atoms with van der Waals surface area (Å²) < 4.78 is 11.2. The number of ether oxygens (including phenoxy) is 2. The van der Waals surface area contributed by atoms with E-state index < -0.39 is 0 Å². The fraction of sp³-hybridized carbons (Fsp3) is 0.143. The Balaban J connectivity index is 1.58. The van der Waals surface area contributed by atoms with Crippen molar-refractivity contribution >= 4 is 33.2 Å². The van der Waals surface area contributed by atoms with Crippen molar-refractivity contribution in [3.63, 3.8) is 0 Å². The van der Waals surface area contributed by atoms with Gasteiger partial charge in [0.25, 0.3) is 0 Å². The lowest BCUT2D eigenvalue weighted by Crippen LogP contribution is -2.10. The lowest BCUT2D eigenvalue weighted by Gasteiger charge is -2.09. The number of halogens is 1. The number of benzene rings is 1. The summed E-state index contributed by atoms with van der Waals surface area (Å²) in [6.45, 7) is 0.798. The van der Waals surface area contributed by atoms with E-state index in [1.54, 1.807) is 17.4 Å². The van der Waals surface area contributed by atoms with Crippen LogP contribution in [-0.2, 0) is 0 Å². The zero-order valence-corrected chi connectivity index (χ0v) is 12.0. The second-order valence-corrected chi connectivity index (χ2v) is 5.25. The Hall–Kier alpha value is -1.85. The molecule has 102 valence electrons. The Morgan fingerprint density at radius 2 is 1.90 bits per heavy atom. The van der Waals surface area contributed by atoms with Crippen LogP contribution >= 0.6 is 22.9 Å². The first-order valence-electron chi connectivity index (χ1n) is 6.03. The average molecular weight is 307 g/mol. The smallest absolute Gasteiger partial charge is 0.225 e. The minimum absolute atomic E-state index is 0.396. The topological polar surface area (TPSA) is 44.2 Å². The predicted octanol–water partition coefficient (Wildman–Crippen LogP) is 3.80. The molecule has 2 heterocycles. The second-order valence-electron chi connectivity index (χ2n) is 3.95. The molecule has 3 rings (SSSR count). The number of nitrogens with zero attached hydrogens (tertiary/aromatic N) is 2. The highest BCUT2D eigenvalue weighted by Crippen LogP contribution is 2.26. The van der Waals surface area contributed by atoms with Gasteiger partial charge >= 0.3 is 0 Å². The average Bonchev–Trinajstić information content (AvgIpc) is 2.94. The first kappa shape index (κ1) is 13.1. The van der Waals surface area contributed by atoms with Crippen molar-refractivity contribution in [3.8, 4) is 11.6 Å². The minimum atomic E-state index is 0.396. The molecular formula is C14H11ClN2O2S. The molecule has 0 aliphatic carbocycles. The minimum Gasteiger partial charge on any atom is -0.488 e. The van der Waals surface area contributed by atoms with E-state index in [-0.39, 0.29) is 0 Å². The number of hydrogen-bond acceptors (Lipinski definition) is 5. The molecule has 0 atom stereocenters. The van der Waals surface area contributed by atoms with Crippen LogP contribution in [0.15, 0.2) is 42.0 Å². The third-order valence-corrected chi connectivity index (χ3v) is 3.77. The first-order valence-corrected chi connectivity index (χ1v) is 7.28. The van der Waals surface area contributed by atoms with Crippen LogP contribution < -0.4 is 9.47 Å². The van der Waals surface area contributed by atoms with E-state index in [1.165, 1.54) is 6.33 Å². The fourth-order valence-electron chi connectivity index (χ4n) is 1.73. The molecule has 4 nitrogen and oxygen atoms in total. The van der Waals surface area contributed by atoms with Crippen molar-refractivity contribution in [2.24, 2.45) is 0 Å². The molecule has 0 aliphatic heterocycles. The van der Waals surface area contributed by atoms with Gasteiger partial charge in [-0.25, -0.2) is 9.97 Å².